The molecule has 0 aliphatic carbocycles. The zero-order valence-corrected chi connectivity index (χ0v) is 26.6. The summed E-state index contributed by atoms with van der Waals surface area (Å²) in [5, 5.41) is 0. The summed E-state index contributed by atoms with van der Waals surface area (Å²) in [7, 11) is 1.67. The van der Waals surface area contributed by atoms with E-state index in [1.807, 2.05) is 35.2 Å². The molecule has 0 N–H and O–H groups in total. The molecule has 0 radical (unpaired) electrons. The minimum Gasteiger partial charge on any atom is -0.497 e. The molecule has 2 aromatic carbocycles. The molecule has 41 heavy (non-hydrogen) atoms. The Kier molecular flexibility index (Phi) is 14.8. The zero-order valence-electron chi connectivity index (χ0n) is 25.8. The molecule has 5 nitrogen and oxygen atoms in total. The summed E-state index contributed by atoms with van der Waals surface area (Å²) in [4.78, 5) is 15.9. The maximum atomic E-state index is 12.8. The molecule has 224 valence electrons. The van der Waals surface area contributed by atoms with E-state index in [1.165, 1.54) is 75.5 Å². The molecule has 0 atom stereocenters. The number of thiazole rings is 1. The highest BCUT2D eigenvalue weighted by molar-refractivity contribution is 7.09. The average Bonchev–Trinajstić information content (AvgIpc) is 3.38. The molecule has 3 aromatic rings. The lowest BCUT2D eigenvalue weighted by atomic mass is 10.1. The maximum Gasteiger partial charge on any atom is 0.225 e. The second-order valence-electron chi connectivity index (χ2n) is 11.1. The van der Waals surface area contributed by atoms with Crippen LogP contribution < -0.4 is 18.9 Å². The number of benzene rings is 2. The van der Waals surface area contributed by atoms with Gasteiger partial charge in [-0.1, -0.05) is 101 Å². The van der Waals surface area contributed by atoms with Gasteiger partial charge >= 0.3 is 0 Å². The van der Waals surface area contributed by atoms with E-state index in [0.29, 0.717) is 13.2 Å². The highest BCUT2D eigenvalue weighted by Gasteiger charge is 2.17. The predicted octanol–water partition coefficient (Wildman–Crippen LogP) is 9.03. The molecule has 3 rings (SSSR count). The normalized spacial score (nSPS) is 11.0. The van der Waals surface area contributed by atoms with Gasteiger partial charge in [0.15, 0.2) is 12.7 Å². The van der Waals surface area contributed by atoms with E-state index in [9.17, 15) is 4.79 Å². The lowest BCUT2D eigenvalue weighted by Gasteiger charge is -2.23. The highest BCUT2D eigenvalue weighted by Crippen LogP contribution is 2.28. The van der Waals surface area contributed by atoms with Gasteiger partial charge in [-0.15, -0.1) is 0 Å². The third kappa shape index (κ3) is 11.9. The number of ether oxygens (including phenoxy) is 2. The fraction of sp³-hybridized carbons (Fsp3) is 0.543. The summed E-state index contributed by atoms with van der Waals surface area (Å²) in [5.74, 6) is 1.58. The Labute approximate surface area is 252 Å². The quantitative estimate of drug-likeness (QED) is 0.0991. The van der Waals surface area contributed by atoms with Crippen molar-refractivity contribution in [2.75, 3.05) is 18.6 Å². The van der Waals surface area contributed by atoms with Crippen LogP contribution in [-0.2, 0) is 17.9 Å². The molecule has 1 aromatic heterocycles. The largest absolute Gasteiger partial charge is 0.497 e. The van der Waals surface area contributed by atoms with Crippen molar-refractivity contribution in [2.45, 2.75) is 111 Å². The lowest BCUT2D eigenvalue weighted by Crippen LogP contribution is -2.31. The van der Waals surface area contributed by atoms with Gasteiger partial charge in [-0.25, -0.2) is 0 Å². The highest BCUT2D eigenvalue weighted by atomic mass is 32.1. The van der Waals surface area contributed by atoms with Crippen molar-refractivity contribution >= 4 is 22.9 Å². The maximum absolute atomic E-state index is 12.8. The van der Waals surface area contributed by atoms with Gasteiger partial charge in [0.2, 0.25) is 11.4 Å². The fourth-order valence-electron chi connectivity index (χ4n) is 5.19. The summed E-state index contributed by atoms with van der Waals surface area (Å²) >= 11 is 1.74. The van der Waals surface area contributed by atoms with Gasteiger partial charge in [0.1, 0.15) is 11.5 Å². The number of carbonyl (C=O) groups excluding carboxylic acids is 1. The SMILES string of the molecule is CCCCCCCCCCCCCCOc1ccc(OC)cc1CN(C(C)=O)c1cccc(C[n+]2csc(C)c2)c1. The van der Waals surface area contributed by atoms with E-state index < -0.39 is 0 Å². The Morgan fingerprint density at radius 2 is 1.59 bits per heavy atom. The second-order valence-corrected chi connectivity index (χ2v) is 12.2. The van der Waals surface area contributed by atoms with Gasteiger partial charge < -0.3 is 14.4 Å². The van der Waals surface area contributed by atoms with Gasteiger partial charge in [-0.2, -0.15) is 4.57 Å². The smallest absolute Gasteiger partial charge is 0.225 e. The number of rotatable bonds is 20. The first-order valence-electron chi connectivity index (χ1n) is 15.6. The van der Waals surface area contributed by atoms with Crippen molar-refractivity contribution in [3.63, 3.8) is 0 Å². The number of hydrogen-bond acceptors (Lipinski definition) is 4. The fourth-order valence-corrected chi connectivity index (χ4v) is 5.82. The van der Waals surface area contributed by atoms with Crippen LogP contribution in [0.2, 0.25) is 0 Å². The average molecular weight is 580 g/mol. The molecule has 0 spiro atoms. The van der Waals surface area contributed by atoms with Gasteiger partial charge in [0.25, 0.3) is 0 Å². The molecule has 0 saturated heterocycles. The summed E-state index contributed by atoms with van der Waals surface area (Å²) in [6, 6.07) is 14.1. The van der Waals surface area contributed by atoms with Crippen LogP contribution in [0.15, 0.2) is 54.2 Å². The Morgan fingerprint density at radius 3 is 2.20 bits per heavy atom. The number of hydrogen-bond donors (Lipinski definition) is 0. The molecule has 0 saturated carbocycles. The minimum absolute atomic E-state index is 0.00379. The number of amides is 1. The first-order valence-corrected chi connectivity index (χ1v) is 16.5. The minimum atomic E-state index is -0.00379. The first kappa shape index (κ1) is 32.7. The van der Waals surface area contributed by atoms with Gasteiger partial charge in [0, 0.05) is 23.7 Å². The second kappa shape index (κ2) is 18.5. The summed E-state index contributed by atoms with van der Waals surface area (Å²) < 4.78 is 13.9. The van der Waals surface area contributed by atoms with Crippen molar-refractivity contribution in [3.05, 3.63) is 70.2 Å². The standard InChI is InChI=1S/C35H51N2O3S/c1-5-6-7-8-9-10-11-12-13-14-15-16-22-40-35-21-20-34(39-4)24-32(35)27-37(30(3)38)33-19-17-18-31(23-33)26-36-25-29(2)41-28-36/h17-21,23-25,28H,5-16,22,26-27H2,1-4H3/q+1. The third-order valence-electron chi connectivity index (χ3n) is 7.54. The monoisotopic (exact) mass is 579 g/mol. The first-order chi connectivity index (χ1) is 20.0. The van der Waals surface area contributed by atoms with Crippen molar-refractivity contribution < 1.29 is 18.8 Å². The van der Waals surface area contributed by atoms with Crippen LogP contribution >= 0.6 is 11.3 Å². The van der Waals surface area contributed by atoms with Crippen molar-refractivity contribution in [3.8, 4) is 11.5 Å². The molecule has 0 bridgehead atoms. The van der Waals surface area contributed by atoms with Crippen LogP contribution in [0.4, 0.5) is 5.69 Å². The summed E-state index contributed by atoms with van der Waals surface area (Å²) in [6.45, 7) is 7.89. The number of nitrogens with zero attached hydrogens (tertiary/aromatic N) is 2. The number of aromatic nitrogens is 1. The molecule has 0 aliphatic heterocycles. The van der Waals surface area contributed by atoms with E-state index in [4.69, 9.17) is 9.47 Å². The van der Waals surface area contributed by atoms with Gasteiger partial charge in [-0.05, 0) is 43.7 Å². The Balaban J connectivity index is 1.51. The third-order valence-corrected chi connectivity index (χ3v) is 8.39. The predicted molar refractivity (Wildman–Crippen MR) is 171 cm³/mol. The molecule has 1 amide bonds. The topological polar surface area (TPSA) is 42.7 Å². The van der Waals surface area contributed by atoms with Gasteiger partial charge in [0.05, 0.1) is 25.1 Å². The van der Waals surface area contributed by atoms with E-state index in [2.05, 4.69) is 42.3 Å². The molecule has 6 heteroatoms. The Morgan fingerprint density at radius 1 is 0.902 bits per heavy atom. The molecular weight excluding hydrogens is 528 g/mol. The number of methoxy groups -OCH3 is 1. The lowest BCUT2D eigenvalue weighted by molar-refractivity contribution is -0.683. The van der Waals surface area contributed by atoms with E-state index in [1.54, 1.807) is 25.4 Å². The van der Waals surface area contributed by atoms with Crippen LogP contribution in [0.5, 0.6) is 11.5 Å². The number of unbranched alkanes of at least 4 members (excludes halogenated alkanes) is 11. The van der Waals surface area contributed by atoms with E-state index in [-0.39, 0.29) is 5.91 Å². The Hall–Kier alpha value is -2.86. The molecule has 0 aliphatic rings. The molecule has 0 fully saturated rings. The molecular formula is C35H51N2O3S+. The van der Waals surface area contributed by atoms with Crippen molar-refractivity contribution in [1.82, 2.24) is 0 Å². The van der Waals surface area contributed by atoms with Crippen molar-refractivity contribution in [2.24, 2.45) is 0 Å². The van der Waals surface area contributed by atoms with Crippen LogP contribution in [0.25, 0.3) is 0 Å². The number of aryl methyl sites for hydroxylation is 1. The van der Waals surface area contributed by atoms with Crippen LogP contribution in [0, 0.1) is 6.92 Å². The zero-order chi connectivity index (χ0) is 29.3. The summed E-state index contributed by atoms with van der Waals surface area (Å²) in [6.07, 6.45) is 18.0. The van der Waals surface area contributed by atoms with Gasteiger partial charge in [-0.3, -0.25) is 4.79 Å². The number of carbonyl (C=O) groups is 1. The van der Waals surface area contributed by atoms with Crippen LogP contribution in [0.3, 0.4) is 0 Å². The molecule has 0 unspecified atom stereocenters. The molecule has 1 heterocycles. The van der Waals surface area contributed by atoms with Crippen molar-refractivity contribution in [1.29, 1.82) is 0 Å². The van der Waals surface area contributed by atoms with Crippen LogP contribution in [-0.4, -0.2) is 19.6 Å². The van der Waals surface area contributed by atoms with E-state index >= 15 is 0 Å². The summed E-state index contributed by atoms with van der Waals surface area (Å²) in [5.41, 5.74) is 5.12. The van der Waals surface area contributed by atoms with Crippen LogP contribution in [0.1, 0.15) is 107 Å². The Bertz CT molecular complexity index is 1180. The number of anilines is 1. The van der Waals surface area contributed by atoms with E-state index in [0.717, 1.165) is 41.3 Å².